The van der Waals surface area contributed by atoms with Gasteiger partial charge in [0.25, 0.3) is 0 Å². The van der Waals surface area contributed by atoms with Crippen molar-refractivity contribution < 1.29 is 4.42 Å². The van der Waals surface area contributed by atoms with Crippen molar-refractivity contribution in [1.82, 2.24) is 5.32 Å². The molecule has 2 heteroatoms. The minimum absolute atomic E-state index is 0.694. The molecule has 1 N–H and O–H groups in total. The van der Waals surface area contributed by atoms with Crippen LogP contribution in [0.25, 0.3) is 0 Å². The molecule has 0 unspecified atom stereocenters. The van der Waals surface area contributed by atoms with Crippen molar-refractivity contribution in [2.75, 3.05) is 13.6 Å². The van der Waals surface area contributed by atoms with Gasteiger partial charge in [0, 0.05) is 0 Å². The molecule has 0 fully saturated rings. The SMILES string of the molecule is CNCC#Cc1ccc(C)o1. The highest BCUT2D eigenvalue weighted by Gasteiger charge is 1.90. The van der Waals surface area contributed by atoms with E-state index in [0.717, 1.165) is 11.5 Å². The van der Waals surface area contributed by atoms with Crippen LogP contribution in [0.2, 0.25) is 0 Å². The summed E-state index contributed by atoms with van der Waals surface area (Å²) >= 11 is 0. The van der Waals surface area contributed by atoms with Gasteiger partial charge in [-0.2, -0.15) is 0 Å². The third-order valence-electron chi connectivity index (χ3n) is 1.22. The maximum atomic E-state index is 5.23. The van der Waals surface area contributed by atoms with Gasteiger partial charge in [0.15, 0.2) is 5.76 Å². The summed E-state index contributed by atoms with van der Waals surface area (Å²) in [5.74, 6) is 7.43. The standard InChI is InChI=1S/C9H11NO/c1-8-5-6-9(11-8)4-3-7-10-2/h5-6,10H,7H2,1-2H3. The lowest BCUT2D eigenvalue weighted by molar-refractivity contribution is 0.522. The maximum Gasteiger partial charge on any atom is 0.177 e. The van der Waals surface area contributed by atoms with Crippen molar-refractivity contribution >= 4 is 0 Å². The zero-order valence-corrected chi connectivity index (χ0v) is 6.77. The summed E-state index contributed by atoms with van der Waals surface area (Å²) in [7, 11) is 1.86. The summed E-state index contributed by atoms with van der Waals surface area (Å²) < 4.78 is 5.23. The van der Waals surface area contributed by atoms with E-state index in [1.165, 1.54) is 0 Å². The zero-order valence-electron chi connectivity index (χ0n) is 6.77. The number of furan rings is 1. The molecule has 2 nitrogen and oxygen atoms in total. The molecule has 0 atom stereocenters. The van der Waals surface area contributed by atoms with Crippen LogP contribution in [-0.4, -0.2) is 13.6 Å². The lowest BCUT2D eigenvalue weighted by Gasteiger charge is -1.82. The molecule has 0 aliphatic rings. The predicted octanol–water partition coefficient (Wildman–Crippen LogP) is 1.16. The van der Waals surface area contributed by atoms with Crippen LogP contribution in [-0.2, 0) is 0 Å². The Morgan fingerprint density at radius 2 is 2.36 bits per heavy atom. The molecule has 0 amide bonds. The van der Waals surface area contributed by atoms with Gasteiger partial charge >= 0.3 is 0 Å². The Labute approximate surface area is 66.6 Å². The van der Waals surface area contributed by atoms with Crippen molar-refractivity contribution in [3.8, 4) is 11.8 Å². The van der Waals surface area contributed by atoms with E-state index in [9.17, 15) is 0 Å². The van der Waals surface area contributed by atoms with Crippen molar-refractivity contribution in [3.63, 3.8) is 0 Å². The molecule has 1 heterocycles. The first kappa shape index (κ1) is 7.90. The van der Waals surface area contributed by atoms with Crippen LogP contribution < -0.4 is 5.32 Å². The fraction of sp³-hybridized carbons (Fsp3) is 0.333. The Bertz CT molecular complexity index is 277. The average molecular weight is 149 g/mol. The van der Waals surface area contributed by atoms with E-state index in [0.29, 0.717) is 6.54 Å². The Morgan fingerprint density at radius 3 is 2.91 bits per heavy atom. The van der Waals surface area contributed by atoms with Crippen molar-refractivity contribution in [3.05, 3.63) is 23.7 Å². The van der Waals surface area contributed by atoms with Crippen molar-refractivity contribution in [2.45, 2.75) is 6.92 Å². The summed E-state index contributed by atoms with van der Waals surface area (Å²) in [6, 6.07) is 3.78. The normalized spacial score (nSPS) is 8.91. The van der Waals surface area contributed by atoms with Gasteiger partial charge in [-0.15, -0.1) is 0 Å². The van der Waals surface area contributed by atoms with Crippen LogP contribution in [0.3, 0.4) is 0 Å². The van der Waals surface area contributed by atoms with Crippen LogP contribution in [0.1, 0.15) is 11.5 Å². The molecule has 0 aromatic carbocycles. The van der Waals surface area contributed by atoms with Gasteiger partial charge in [-0.05, 0) is 32.0 Å². The largest absolute Gasteiger partial charge is 0.453 e. The first-order chi connectivity index (χ1) is 5.33. The maximum absolute atomic E-state index is 5.23. The molecule has 11 heavy (non-hydrogen) atoms. The second-order valence-corrected chi connectivity index (χ2v) is 2.24. The monoisotopic (exact) mass is 149 g/mol. The third kappa shape index (κ3) is 2.48. The second kappa shape index (κ2) is 3.85. The number of hydrogen-bond donors (Lipinski definition) is 1. The van der Waals surface area contributed by atoms with E-state index < -0.39 is 0 Å². The number of nitrogens with one attached hydrogen (secondary N) is 1. The van der Waals surface area contributed by atoms with E-state index in [1.807, 2.05) is 26.1 Å². The molecule has 0 spiro atoms. The average Bonchev–Trinajstić information content (AvgIpc) is 2.37. The molecule has 0 saturated heterocycles. The van der Waals surface area contributed by atoms with E-state index in [-0.39, 0.29) is 0 Å². The van der Waals surface area contributed by atoms with Gasteiger partial charge in [-0.3, -0.25) is 0 Å². The summed E-state index contributed by atoms with van der Waals surface area (Å²) in [6.45, 7) is 2.60. The van der Waals surface area contributed by atoms with Crippen LogP contribution in [0, 0.1) is 18.8 Å². The smallest absolute Gasteiger partial charge is 0.177 e. The molecule has 58 valence electrons. The summed E-state index contributed by atoms with van der Waals surface area (Å²) in [5, 5.41) is 2.93. The van der Waals surface area contributed by atoms with Crippen LogP contribution in [0.5, 0.6) is 0 Å². The van der Waals surface area contributed by atoms with Crippen LogP contribution >= 0.6 is 0 Å². The van der Waals surface area contributed by atoms with E-state index in [2.05, 4.69) is 17.2 Å². The zero-order chi connectivity index (χ0) is 8.10. The highest BCUT2D eigenvalue weighted by Crippen LogP contribution is 2.03. The van der Waals surface area contributed by atoms with Gasteiger partial charge in [-0.1, -0.05) is 5.92 Å². The van der Waals surface area contributed by atoms with Crippen LogP contribution in [0.4, 0.5) is 0 Å². The Morgan fingerprint density at radius 1 is 1.55 bits per heavy atom. The minimum atomic E-state index is 0.694. The molecule has 0 aliphatic carbocycles. The van der Waals surface area contributed by atoms with E-state index >= 15 is 0 Å². The van der Waals surface area contributed by atoms with Gasteiger partial charge in [0.05, 0.1) is 6.54 Å². The minimum Gasteiger partial charge on any atom is -0.453 e. The van der Waals surface area contributed by atoms with Crippen LogP contribution in [0.15, 0.2) is 16.5 Å². The second-order valence-electron chi connectivity index (χ2n) is 2.24. The molecular weight excluding hydrogens is 138 g/mol. The quantitative estimate of drug-likeness (QED) is 0.606. The molecule has 0 saturated carbocycles. The predicted molar refractivity (Wildman–Crippen MR) is 44.2 cm³/mol. The topological polar surface area (TPSA) is 25.2 Å². The molecule has 0 aliphatic heterocycles. The van der Waals surface area contributed by atoms with E-state index in [1.54, 1.807) is 0 Å². The Kier molecular flexibility index (Phi) is 2.76. The number of hydrogen-bond acceptors (Lipinski definition) is 2. The summed E-state index contributed by atoms with van der Waals surface area (Å²) in [6.07, 6.45) is 0. The summed E-state index contributed by atoms with van der Waals surface area (Å²) in [5.41, 5.74) is 0. The Balaban J connectivity index is 2.59. The lowest BCUT2D eigenvalue weighted by Crippen LogP contribution is -2.04. The highest BCUT2D eigenvalue weighted by molar-refractivity contribution is 5.26. The molecule has 1 rings (SSSR count). The van der Waals surface area contributed by atoms with Gasteiger partial charge in [0.2, 0.25) is 0 Å². The van der Waals surface area contributed by atoms with Crippen molar-refractivity contribution in [2.24, 2.45) is 0 Å². The molecule has 0 radical (unpaired) electrons. The summed E-state index contributed by atoms with van der Waals surface area (Å²) in [4.78, 5) is 0. The lowest BCUT2D eigenvalue weighted by atomic mass is 10.4. The van der Waals surface area contributed by atoms with E-state index in [4.69, 9.17) is 4.42 Å². The van der Waals surface area contributed by atoms with Gasteiger partial charge in [0.1, 0.15) is 5.76 Å². The fourth-order valence-electron chi connectivity index (χ4n) is 0.721. The van der Waals surface area contributed by atoms with Gasteiger partial charge < -0.3 is 9.73 Å². The highest BCUT2D eigenvalue weighted by atomic mass is 16.3. The first-order valence-electron chi connectivity index (χ1n) is 3.53. The molecular formula is C9H11NO. The number of aryl methyl sites for hydroxylation is 1. The van der Waals surface area contributed by atoms with Crippen molar-refractivity contribution in [1.29, 1.82) is 0 Å². The molecule has 1 aromatic rings. The Hall–Kier alpha value is -1.20. The molecule has 0 bridgehead atoms. The number of rotatable bonds is 1. The first-order valence-corrected chi connectivity index (χ1v) is 3.53. The fourth-order valence-corrected chi connectivity index (χ4v) is 0.721. The molecule has 1 aromatic heterocycles. The van der Waals surface area contributed by atoms with Gasteiger partial charge in [-0.25, -0.2) is 0 Å². The third-order valence-corrected chi connectivity index (χ3v) is 1.22.